The van der Waals surface area contributed by atoms with Crippen molar-refractivity contribution in [2.24, 2.45) is 28.1 Å². The number of likely N-dealkylation sites (tertiary alicyclic amines) is 1. The summed E-state index contributed by atoms with van der Waals surface area (Å²) in [7, 11) is -4.19. The second kappa shape index (κ2) is 7.69. The summed E-state index contributed by atoms with van der Waals surface area (Å²) in [6.45, 7) is -0.247. The average Bonchev–Trinajstić information content (AvgIpc) is 3.52. The molecule has 3 fully saturated rings. The van der Waals surface area contributed by atoms with Crippen LogP contribution in [0.25, 0.3) is 0 Å². The molecule has 8 nitrogen and oxygen atoms in total. The van der Waals surface area contributed by atoms with E-state index in [1.807, 2.05) is 0 Å². The van der Waals surface area contributed by atoms with E-state index in [9.17, 15) is 27.5 Å². The van der Waals surface area contributed by atoms with Crippen molar-refractivity contribution in [3.63, 3.8) is 0 Å². The zero-order valence-electron chi connectivity index (χ0n) is 18.0. The molecule has 5 atom stereocenters. The van der Waals surface area contributed by atoms with Gasteiger partial charge in [0.2, 0.25) is 5.91 Å². The number of rotatable bonds is 4. The van der Waals surface area contributed by atoms with Crippen LogP contribution in [0.2, 0.25) is 0 Å². The monoisotopic (exact) mass is 503 g/mol. The molecule has 3 heterocycles. The second-order valence-electron chi connectivity index (χ2n) is 9.43. The quantitative estimate of drug-likeness (QED) is 0.620. The molecule has 2 N–H and O–H groups in total. The maximum absolute atomic E-state index is 13.8. The van der Waals surface area contributed by atoms with Gasteiger partial charge in [0, 0.05) is 24.1 Å². The van der Waals surface area contributed by atoms with Crippen molar-refractivity contribution in [3.05, 3.63) is 46.6 Å². The second-order valence-corrected chi connectivity index (χ2v) is 11.9. The van der Waals surface area contributed by atoms with Gasteiger partial charge < -0.3 is 15.3 Å². The highest BCUT2D eigenvalue weighted by atomic mass is 32.2. The zero-order chi connectivity index (χ0) is 23.8. The summed E-state index contributed by atoms with van der Waals surface area (Å²) >= 11 is 1.08. The summed E-state index contributed by atoms with van der Waals surface area (Å²) in [5.41, 5.74) is 0.964. The maximum atomic E-state index is 13.8. The number of piperidine rings is 1. The van der Waals surface area contributed by atoms with Gasteiger partial charge in [0.1, 0.15) is 21.5 Å². The molecule has 178 valence electrons. The summed E-state index contributed by atoms with van der Waals surface area (Å²) in [6.07, 6.45) is 2.73. The lowest BCUT2D eigenvalue weighted by Crippen LogP contribution is -2.61. The van der Waals surface area contributed by atoms with E-state index < -0.39 is 28.5 Å². The molecule has 3 unspecified atom stereocenters. The predicted octanol–water partition coefficient (Wildman–Crippen LogP) is 2.53. The standard InChI is InChI=1S/C23H22FN3O5S2/c24-15-5-1-11(2-6-15)8-27-18-13-4-3-12(7-13)16(18)19(29)17(23(27)30)21-25-22-20(34(31,32)26-21)14(9-28)10-33-22/h1-2,5-6,10,12-13,16-18,28H,3-4,7-9H2,(H,25,26)/t12-,13+,16?,17?,18?/m0/s1. The number of nitrogens with one attached hydrogen (secondary N) is 1. The third-order valence-corrected chi connectivity index (χ3v) is 10.1. The Kier molecular flexibility index (Phi) is 4.95. The summed E-state index contributed by atoms with van der Waals surface area (Å²) in [6, 6.07) is 5.66. The number of hydrogen-bond donors (Lipinski definition) is 2. The summed E-state index contributed by atoms with van der Waals surface area (Å²) in [4.78, 5) is 29.1. The highest BCUT2D eigenvalue weighted by Gasteiger charge is 2.60. The molecule has 4 aliphatic rings. The zero-order valence-corrected chi connectivity index (χ0v) is 19.6. The molecule has 2 aliphatic heterocycles. The molecule has 0 radical (unpaired) electrons. The van der Waals surface area contributed by atoms with E-state index in [0.717, 1.165) is 36.2 Å². The fourth-order valence-corrected chi connectivity index (χ4v) is 8.89. The van der Waals surface area contributed by atoms with E-state index >= 15 is 0 Å². The number of Topliss-reactive ketones (excluding diaryl/α,β-unsaturated/α-hetero) is 1. The molecule has 6 rings (SSSR count). The molecule has 2 bridgehead atoms. The number of anilines is 1. The molecular formula is C23H22FN3O5S2. The van der Waals surface area contributed by atoms with E-state index in [-0.39, 0.29) is 63.2 Å². The molecular weight excluding hydrogens is 481 g/mol. The van der Waals surface area contributed by atoms with Crippen LogP contribution in [-0.4, -0.2) is 42.0 Å². The molecule has 34 heavy (non-hydrogen) atoms. The highest BCUT2D eigenvalue weighted by molar-refractivity contribution is 7.90. The van der Waals surface area contributed by atoms with Gasteiger partial charge in [-0.1, -0.05) is 12.1 Å². The summed E-state index contributed by atoms with van der Waals surface area (Å²) < 4.78 is 43.2. The van der Waals surface area contributed by atoms with Gasteiger partial charge in [0.15, 0.2) is 11.7 Å². The Morgan fingerprint density at radius 2 is 1.91 bits per heavy atom. The summed E-state index contributed by atoms with van der Waals surface area (Å²) in [5, 5.41) is 14.2. The van der Waals surface area contributed by atoms with Crippen molar-refractivity contribution in [1.29, 1.82) is 0 Å². The van der Waals surface area contributed by atoms with Crippen molar-refractivity contribution >= 4 is 43.9 Å². The van der Waals surface area contributed by atoms with Crippen LogP contribution in [0.1, 0.15) is 30.4 Å². The molecule has 2 aromatic rings. The number of amidine groups is 1. The van der Waals surface area contributed by atoms with Crippen LogP contribution in [0.5, 0.6) is 0 Å². The van der Waals surface area contributed by atoms with Crippen molar-refractivity contribution in [3.8, 4) is 0 Å². The van der Waals surface area contributed by atoms with Gasteiger partial charge in [-0.3, -0.25) is 9.59 Å². The molecule has 1 saturated heterocycles. The van der Waals surface area contributed by atoms with Crippen molar-refractivity contribution < 1.29 is 27.5 Å². The minimum absolute atomic E-state index is 0.111. The minimum Gasteiger partial charge on any atom is -0.392 e. The van der Waals surface area contributed by atoms with Crippen LogP contribution < -0.4 is 5.32 Å². The topological polar surface area (TPSA) is 116 Å². The molecule has 11 heteroatoms. The van der Waals surface area contributed by atoms with E-state index in [4.69, 9.17) is 0 Å². The normalized spacial score (nSPS) is 31.2. The van der Waals surface area contributed by atoms with Crippen LogP contribution in [0.15, 0.2) is 38.9 Å². The molecule has 1 amide bonds. The number of ketones is 1. The number of benzene rings is 1. The Hall–Kier alpha value is -2.63. The lowest BCUT2D eigenvalue weighted by Gasteiger charge is -2.45. The lowest BCUT2D eigenvalue weighted by molar-refractivity contribution is -0.153. The van der Waals surface area contributed by atoms with Crippen LogP contribution in [0, 0.1) is 29.5 Å². The van der Waals surface area contributed by atoms with Gasteiger partial charge in [-0.2, -0.15) is 8.42 Å². The number of halogens is 1. The van der Waals surface area contributed by atoms with E-state index in [1.54, 1.807) is 17.0 Å². The number of fused-ring (bicyclic) bond motifs is 6. The van der Waals surface area contributed by atoms with E-state index in [1.165, 1.54) is 17.5 Å². The first-order valence-electron chi connectivity index (χ1n) is 11.2. The number of thiophene rings is 1. The van der Waals surface area contributed by atoms with Crippen LogP contribution in [-0.2, 0) is 32.8 Å². The first-order chi connectivity index (χ1) is 16.3. The number of nitrogens with zero attached hydrogens (tertiary/aromatic N) is 2. The number of carbonyl (C=O) groups excluding carboxylic acids is 2. The lowest BCUT2D eigenvalue weighted by atomic mass is 9.73. The Morgan fingerprint density at radius 3 is 2.65 bits per heavy atom. The third-order valence-electron chi connectivity index (χ3n) is 7.62. The number of aliphatic hydroxyl groups excluding tert-OH is 1. The number of aliphatic hydroxyl groups is 1. The Morgan fingerprint density at radius 1 is 1.18 bits per heavy atom. The Bertz CT molecular complexity index is 1340. The highest BCUT2D eigenvalue weighted by Crippen LogP contribution is 2.54. The van der Waals surface area contributed by atoms with Crippen LogP contribution >= 0.6 is 11.3 Å². The SMILES string of the molecule is O=C1C(C2=NS(=O)(=O)c3c(CO)csc3N2)C(=O)N(Cc2ccc(F)cc2)C2C1[C@H]1CC[C@@H]2C1. The van der Waals surface area contributed by atoms with Gasteiger partial charge in [0.05, 0.1) is 6.61 Å². The average molecular weight is 504 g/mol. The fraction of sp³-hybridized carbons (Fsp3) is 0.435. The van der Waals surface area contributed by atoms with Crippen LogP contribution in [0.3, 0.4) is 0 Å². The van der Waals surface area contributed by atoms with E-state index in [2.05, 4.69) is 9.71 Å². The van der Waals surface area contributed by atoms with Gasteiger partial charge in [-0.05, 0) is 54.2 Å². The first kappa shape index (κ1) is 21.9. The smallest absolute Gasteiger partial charge is 0.287 e. The molecule has 0 spiro atoms. The minimum atomic E-state index is -4.19. The number of hydrogen-bond acceptors (Lipinski definition) is 7. The van der Waals surface area contributed by atoms with Gasteiger partial charge in [-0.15, -0.1) is 15.7 Å². The predicted molar refractivity (Wildman–Crippen MR) is 122 cm³/mol. The molecule has 1 aromatic heterocycles. The molecule has 1 aromatic carbocycles. The molecule has 2 saturated carbocycles. The number of amides is 1. The number of sulfonamides is 1. The number of carbonyl (C=O) groups is 2. The van der Waals surface area contributed by atoms with Crippen molar-refractivity contribution in [2.75, 3.05) is 5.32 Å². The van der Waals surface area contributed by atoms with Crippen molar-refractivity contribution in [2.45, 2.75) is 43.4 Å². The van der Waals surface area contributed by atoms with E-state index in [0.29, 0.717) is 0 Å². The first-order valence-corrected chi connectivity index (χ1v) is 13.5. The molecule has 2 aliphatic carbocycles. The van der Waals surface area contributed by atoms with Crippen molar-refractivity contribution in [1.82, 2.24) is 4.90 Å². The maximum Gasteiger partial charge on any atom is 0.287 e. The Balaban J connectivity index is 1.40. The van der Waals surface area contributed by atoms with Crippen LogP contribution in [0.4, 0.5) is 9.39 Å². The fourth-order valence-electron chi connectivity index (χ4n) is 6.26. The summed E-state index contributed by atoms with van der Waals surface area (Å²) in [5.74, 6) is -2.64. The van der Waals surface area contributed by atoms with Gasteiger partial charge >= 0.3 is 0 Å². The van der Waals surface area contributed by atoms with Gasteiger partial charge in [0.25, 0.3) is 10.0 Å². The van der Waals surface area contributed by atoms with Gasteiger partial charge in [-0.25, -0.2) is 4.39 Å². The largest absolute Gasteiger partial charge is 0.392 e. The third kappa shape index (κ3) is 3.17. The Labute approximate surface area is 199 Å².